The van der Waals surface area contributed by atoms with Gasteiger partial charge < -0.3 is 15.5 Å². The van der Waals surface area contributed by atoms with E-state index in [0.29, 0.717) is 18.7 Å². The monoisotopic (exact) mass is 272 g/mol. The average Bonchev–Trinajstić information content (AvgIpc) is 2.40. The third-order valence-corrected chi connectivity index (χ3v) is 3.38. The summed E-state index contributed by atoms with van der Waals surface area (Å²) in [7, 11) is 0. The maximum Gasteiger partial charge on any atom is 0.240 e. The van der Waals surface area contributed by atoms with Gasteiger partial charge in [0.15, 0.2) is 11.5 Å². The molecule has 1 aromatic carbocycles. The summed E-state index contributed by atoms with van der Waals surface area (Å²) in [6.07, 6.45) is -2.68. The van der Waals surface area contributed by atoms with Crippen LogP contribution in [0.15, 0.2) is 18.2 Å². The SMILES string of the molecule is Oc1ccc([C@H](CC(F)F)N2CCNCC2)cc1O. The zero-order chi connectivity index (χ0) is 13.8. The standard InChI is InChI=1S/C13H18F2N2O2/c14-13(15)8-10(17-5-3-16-4-6-17)9-1-2-11(18)12(19)7-9/h1-2,7,10,13,16,18-19H,3-6,8H2/t10-/m0/s1. The van der Waals surface area contributed by atoms with Crippen LogP contribution in [0.5, 0.6) is 11.5 Å². The molecule has 0 aliphatic carbocycles. The van der Waals surface area contributed by atoms with Crippen LogP contribution in [-0.4, -0.2) is 47.7 Å². The number of piperazine rings is 1. The van der Waals surface area contributed by atoms with Gasteiger partial charge in [-0.25, -0.2) is 8.78 Å². The Labute approximate surface area is 110 Å². The fourth-order valence-electron chi connectivity index (χ4n) is 2.41. The van der Waals surface area contributed by atoms with Gasteiger partial charge in [-0.15, -0.1) is 0 Å². The van der Waals surface area contributed by atoms with E-state index in [2.05, 4.69) is 5.32 Å². The molecule has 1 aliphatic heterocycles. The third-order valence-electron chi connectivity index (χ3n) is 3.38. The molecular weight excluding hydrogens is 254 g/mol. The van der Waals surface area contributed by atoms with Crippen LogP contribution < -0.4 is 5.32 Å². The van der Waals surface area contributed by atoms with Crippen molar-refractivity contribution < 1.29 is 19.0 Å². The predicted octanol–water partition coefficient (Wildman–Crippen LogP) is 1.70. The minimum absolute atomic E-state index is 0.236. The van der Waals surface area contributed by atoms with Crippen molar-refractivity contribution in [2.45, 2.75) is 18.9 Å². The van der Waals surface area contributed by atoms with E-state index in [0.717, 1.165) is 13.1 Å². The zero-order valence-corrected chi connectivity index (χ0v) is 10.5. The first-order valence-electron chi connectivity index (χ1n) is 6.32. The maximum atomic E-state index is 12.8. The highest BCUT2D eigenvalue weighted by Gasteiger charge is 2.25. The Morgan fingerprint density at radius 2 is 1.84 bits per heavy atom. The second-order valence-electron chi connectivity index (χ2n) is 4.68. The van der Waals surface area contributed by atoms with Gasteiger partial charge in [0.05, 0.1) is 0 Å². The van der Waals surface area contributed by atoms with E-state index >= 15 is 0 Å². The molecule has 1 aromatic rings. The molecule has 1 aliphatic rings. The van der Waals surface area contributed by atoms with Crippen molar-refractivity contribution >= 4 is 0 Å². The molecule has 4 nitrogen and oxygen atoms in total. The molecule has 0 spiro atoms. The second-order valence-corrected chi connectivity index (χ2v) is 4.68. The Kier molecular flexibility index (Phi) is 4.55. The van der Waals surface area contributed by atoms with Crippen LogP contribution in [0.3, 0.4) is 0 Å². The van der Waals surface area contributed by atoms with Gasteiger partial charge in [-0.3, -0.25) is 4.90 Å². The molecule has 3 N–H and O–H groups in total. The molecule has 19 heavy (non-hydrogen) atoms. The lowest BCUT2D eigenvalue weighted by atomic mass is 10.0. The van der Waals surface area contributed by atoms with Crippen molar-refractivity contribution in [1.82, 2.24) is 10.2 Å². The van der Waals surface area contributed by atoms with Gasteiger partial charge in [0, 0.05) is 38.6 Å². The van der Waals surface area contributed by atoms with E-state index in [-0.39, 0.29) is 17.9 Å². The lowest BCUT2D eigenvalue weighted by molar-refractivity contribution is 0.0738. The Hall–Kier alpha value is -1.40. The summed E-state index contributed by atoms with van der Waals surface area (Å²) >= 11 is 0. The number of aromatic hydroxyl groups is 2. The first-order chi connectivity index (χ1) is 9.08. The largest absolute Gasteiger partial charge is 0.504 e. The molecule has 6 heteroatoms. The Balaban J connectivity index is 2.22. The number of rotatable bonds is 4. The first kappa shape index (κ1) is 14.0. The molecule has 0 amide bonds. The lowest BCUT2D eigenvalue weighted by Gasteiger charge is -2.35. The van der Waals surface area contributed by atoms with Crippen LogP contribution >= 0.6 is 0 Å². The van der Waals surface area contributed by atoms with Gasteiger partial charge in [0.1, 0.15) is 0 Å². The van der Waals surface area contributed by atoms with E-state index < -0.39 is 12.5 Å². The number of phenols is 2. The highest BCUT2D eigenvalue weighted by molar-refractivity contribution is 5.41. The van der Waals surface area contributed by atoms with Gasteiger partial charge >= 0.3 is 0 Å². The number of hydrogen-bond donors (Lipinski definition) is 3. The van der Waals surface area contributed by atoms with E-state index in [4.69, 9.17) is 0 Å². The summed E-state index contributed by atoms with van der Waals surface area (Å²) in [5.41, 5.74) is 0.609. The number of hydrogen-bond acceptors (Lipinski definition) is 4. The number of benzene rings is 1. The molecular formula is C13H18F2N2O2. The normalized spacial score (nSPS) is 18.7. The average molecular weight is 272 g/mol. The molecule has 1 saturated heterocycles. The summed E-state index contributed by atoms with van der Waals surface area (Å²) in [4.78, 5) is 1.98. The third kappa shape index (κ3) is 3.54. The number of alkyl halides is 2. The van der Waals surface area contributed by atoms with Crippen molar-refractivity contribution in [2.75, 3.05) is 26.2 Å². The van der Waals surface area contributed by atoms with Crippen LogP contribution in [0, 0.1) is 0 Å². The summed E-state index contributed by atoms with van der Waals surface area (Å²) in [6, 6.07) is 3.86. The zero-order valence-electron chi connectivity index (χ0n) is 10.5. The smallest absolute Gasteiger partial charge is 0.240 e. The van der Waals surface area contributed by atoms with Crippen molar-refractivity contribution in [3.8, 4) is 11.5 Å². The molecule has 0 radical (unpaired) electrons. The molecule has 1 atom stereocenters. The van der Waals surface area contributed by atoms with Gasteiger partial charge in [-0.1, -0.05) is 6.07 Å². The van der Waals surface area contributed by atoms with Gasteiger partial charge in [0.2, 0.25) is 6.43 Å². The highest BCUT2D eigenvalue weighted by Crippen LogP contribution is 2.33. The summed E-state index contributed by atoms with van der Waals surface area (Å²) in [6.45, 7) is 2.92. The molecule has 2 rings (SSSR count). The van der Waals surface area contributed by atoms with Crippen LogP contribution in [-0.2, 0) is 0 Å². The lowest BCUT2D eigenvalue weighted by Crippen LogP contribution is -2.45. The van der Waals surface area contributed by atoms with E-state index in [1.165, 1.54) is 12.1 Å². The second kappa shape index (κ2) is 6.16. The van der Waals surface area contributed by atoms with Crippen LogP contribution in [0.25, 0.3) is 0 Å². The Bertz CT molecular complexity index is 423. The first-order valence-corrected chi connectivity index (χ1v) is 6.32. The number of phenolic OH excluding ortho intramolecular Hbond substituents is 2. The molecule has 1 fully saturated rings. The highest BCUT2D eigenvalue weighted by atomic mass is 19.3. The Morgan fingerprint density at radius 1 is 1.16 bits per heavy atom. The minimum atomic E-state index is -2.41. The van der Waals surface area contributed by atoms with Crippen molar-refractivity contribution in [2.24, 2.45) is 0 Å². The van der Waals surface area contributed by atoms with Crippen molar-refractivity contribution in [3.05, 3.63) is 23.8 Å². The van der Waals surface area contributed by atoms with E-state index in [1.807, 2.05) is 4.90 Å². The molecule has 0 bridgehead atoms. The topological polar surface area (TPSA) is 55.7 Å². The van der Waals surface area contributed by atoms with Gasteiger partial charge in [-0.2, -0.15) is 0 Å². The fraction of sp³-hybridized carbons (Fsp3) is 0.538. The number of nitrogens with zero attached hydrogens (tertiary/aromatic N) is 1. The summed E-state index contributed by atoms with van der Waals surface area (Å²) < 4.78 is 25.5. The number of halogens is 2. The van der Waals surface area contributed by atoms with Crippen LogP contribution in [0.2, 0.25) is 0 Å². The number of nitrogens with one attached hydrogen (secondary N) is 1. The van der Waals surface area contributed by atoms with Gasteiger partial charge in [-0.05, 0) is 17.7 Å². The van der Waals surface area contributed by atoms with Crippen LogP contribution in [0.1, 0.15) is 18.0 Å². The van der Waals surface area contributed by atoms with Crippen molar-refractivity contribution in [1.29, 1.82) is 0 Å². The molecule has 0 aromatic heterocycles. The molecule has 106 valence electrons. The summed E-state index contributed by atoms with van der Waals surface area (Å²) in [5, 5.41) is 22.0. The quantitative estimate of drug-likeness (QED) is 0.730. The maximum absolute atomic E-state index is 12.8. The van der Waals surface area contributed by atoms with Crippen LogP contribution in [0.4, 0.5) is 8.78 Å². The van der Waals surface area contributed by atoms with Gasteiger partial charge in [0.25, 0.3) is 0 Å². The van der Waals surface area contributed by atoms with E-state index in [9.17, 15) is 19.0 Å². The summed E-state index contributed by atoms with van der Waals surface area (Å²) in [5.74, 6) is -0.508. The fourth-order valence-corrected chi connectivity index (χ4v) is 2.41. The van der Waals surface area contributed by atoms with E-state index in [1.54, 1.807) is 6.07 Å². The predicted molar refractivity (Wildman–Crippen MR) is 67.6 cm³/mol. The minimum Gasteiger partial charge on any atom is -0.504 e. The molecule has 0 saturated carbocycles. The molecule has 0 unspecified atom stereocenters. The Morgan fingerprint density at radius 3 is 2.42 bits per heavy atom. The molecule has 1 heterocycles. The van der Waals surface area contributed by atoms with Crippen molar-refractivity contribution in [3.63, 3.8) is 0 Å².